The second kappa shape index (κ2) is 15.9. The molecule has 2 N–H and O–H groups in total. The van der Waals surface area contributed by atoms with Gasteiger partial charge >= 0.3 is 6.09 Å². The van der Waals surface area contributed by atoms with Crippen LogP contribution in [0.5, 0.6) is 0 Å². The molecule has 4 aromatic rings. The zero-order chi connectivity index (χ0) is 32.2. The van der Waals surface area contributed by atoms with Gasteiger partial charge in [0, 0.05) is 42.5 Å². The normalized spacial score (nSPS) is 13.1. The van der Waals surface area contributed by atoms with E-state index in [9.17, 15) is 18.9 Å². The van der Waals surface area contributed by atoms with Gasteiger partial charge in [-0.15, -0.1) is 5.10 Å². The third kappa shape index (κ3) is 10.5. The van der Waals surface area contributed by atoms with Gasteiger partial charge in [-0.25, -0.2) is 4.79 Å². The molecule has 0 saturated heterocycles. The number of aromatic nitrogens is 4. The lowest BCUT2D eigenvalue weighted by molar-refractivity contribution is -0.125. The monoisotopic (exact) mass is 650 g/mol. The highest BCUT2D eigenvalue weighted by atomic mass is 35.5. The van der Waals surface area contributed by atoms with Gasteiger partial charge in [0.2, 0.25) is 13.3 Å². The topological polar surface area (TPSA) is 154 Å². The summed E-state index contributed by atoms with van der Waals surface area (Å²) in [5.41, 5.74) is 3.27. The summed E-state index contributed by atoms with van der Waals surface area (Å²) in [6.07, 6.45) is 4.10. The summed E-state index contributed by atoms with van der Waals surface area (Å²) in [6, 6.07) is 20.4. The van der Waals surface area contributed by atoms with E-state index in [0.717, 1.165) is 5.56 Å². The van der Waals surface area contributed by atoms with Crippen molar-refractivity contribution in [3.63, 3.8) is 0 Å². The van der Waals surface area contributed by atoms with Crippen LogP contribution in [0.25, 0.3) is 11.8 Å². The number of nitrogens with zero attached hydrogens (tertiary/aromatic N) is 4. The van der Waals surface area contributed by atoms with Gasteiger partial charge in [-0.3, -0.25) is 19.5 Å². The molecule has 0 aliphatic carbocycles. The third-order valence-corrected chi connectivity index (χ3v) is 8.69. The first-order valence-corrected chi connectivity index (χ1v) is 16.5. The fourth-order valence-corrected chi connectivity index (χ4v) is 4.99. The molecule has 1 heterocycles. The van der Waals surface area contributed by atoms with Crippen molar-refractivity contribution in [2.45, 2.75) is 18.9 Å². The van der Waals surface area contributed by atoms with Crippen LogP contribution in [-0.4, -0.2) is 70.6 Å². The maximum atomic E-state index is 13.5. The van der Waals surface area contributed by atoms with Crippen LogP contribution >= 0.6 is 19.0 Å². The van der Waals surface area contributed by atoms with Crippen LogP contribution in [0.4, 0.5) is 10.5 Å². The van der Waals surface area contributed by atoms with Gasteiger partial charge in [0.05, 0.1) is 17.9 Å². The summed E-state index contributed by atoms with van der Waals surface area (Å²) in [6.45, 7) is 1.42. The first-order valence-electron chi connectivity index (χ1n) is 13.8. The van der Waals surface area contributed by atoms with E-state index in [0.29, 0.717) is 33.9 Å². The Morgan fingerprint density at radius 2 is 1.80 bits per heavy atom. The molecule has 1 aromatic heterocycles. The van der Waals surface area contributed by atoms with Gasteiger partial charge in [-0.05, 0) is 64.4 Å². The SMILES string of the molecule is COP(C)(=O)CCOC(=O)Nc1ccc(CC(=O)[C@H](Cc2ccccc2)NC(=O)/C=C/c2cc(Cl)ccc2-n2cnnn2)cc1. The number of ether oxygens (including phenoxy) is 1. The molecule has 0 saturated carbocycles. The van der Waals surface area contributed by atoms with E-state index >= 15 is 0 Å². The number of tetrazole rings is 1. The van der Waals surface area contributed by atoms with Crippen LogP contribution in [0, 0.1) is 0 Å². The predicted molar refractivity (Wildman–Crippen MR) is 171 cm³/mol. The molecule has 4 rings (SSSR count). The lowest BCUT2D eigenvalue weighted by Crippen LogP contribution is -2.42. The molecule has 2 amide bonds. The van der Waals surface area contributed by atoms with E-state index in [2.05, 4.69) is 26.2 Å². The number of ketones is 1. The van der Waals surface area contributed by atoms with E-state index < -0.39 is 25.4 Å². The molecular formula is C31H32ClN6O6P. The van der Waals surface area contributed by atoms with Crippen molar-refractivity contribution >= 4 is 48.5 Å². The zero-order valence-electron chi connectivity index (χ0n) is 24.6. The van der Waals surface area contributed by atoms with Gasteiger partial charge in [0.15, 0.2) is 5.78 Å². The molecule has 234 valence electrons. The average Bonchev–Trinajstić information content (AvgIpc) is 3.56. The number of nitrogens with one attached hydrogen (secondary N) is 2. The number of rotatable bonds is 14. The minimum Gasteiger partial charge on any atom is -0.449 e. The fraction of sp³-hybridized carbons (Fsp3) is 0.226. The first-order chi connectivity index (χ1) is 21.6. The molecule has 14 heteroatoms. The Bertz CT molecular complexity index is 1680. The molecule has 1 unspecified atom stereocenters. The summed E-state index contributed by atoms with van der Waals surface area (Å²) >= 11 is 6.18. The Morgan fingerprint density at radius 1 is 1.04 bits per heavy atom. The minimum absolute atomic E-state index is 0.0484. The molecule has 0 fully saturated rings. The maximum Gasteiger partial charge on any atom is 0.411 e. The fourth-order valence-electron chi connectivity index (χ4n) is 4.20. The Morgan fingerprint density at radius 3 is 2.49 bits per heavy atom. The van der Waals surface area contributed by atoms with Crippen molar-refractivity contribution in [3.8, 4) is 5.69 Å². The van der Waals surface area contributed by atoms with Crippen molar-refractivity contribution in [2.24, 2.45) is 0 Å². The van der Waals surface area contributed by atoms with E-state index in [-0.39, 0.29) is 25.0 Å². The molecule has 0 bridgehead atoms. The number of hydrogen-bond acceptors (Lipinski definition) is 9. The number of halogens is 1. The van der Waals surface area contributed by atoms with Crippen LogP contribution in [-0.2, 0) is 36.3 Å². The minimum atomic E-state index is -2.78. The van der Waals surface area contributed by atoms with Crippen molar-refractivity contribution in [1.82, 2.24) is 25.5 Å². The number of carbonyl (C=O) groups is 3. The molecule has 0 aliphatic heterocycles. The molecule has 0 aliphatic rings. The number of anilines is 1. The smallest absolute Gasteiger partial charge is 0.411 e. The molecule has 45 heavy (non-hydrogen) atoms. The summed E-state index contributed by atoms with van der Waals surface area (Å²) in [4.78, 5) is 38.6. The first kappa shape index (κ1) is 33.3. The Labute approximate surface area is 265 Å². The van der Waals surface area contributed by atoms with Crippen molar-refractivity contribution in [1.29, 1.82) is 0 Å². The number of Topliss-reactive ketones (excluding diaryl/α,β-unsaturated/α-hetero) is 1. The second-order valence-electron chi connectivity index (χ2n) is 10.1. The molecule has 0 radical (unpaired) electrons. The Balaban J connectivity index is 1.40. The number of amides is 2. The largest absolute Gasteiger partial charge is 0.449 e. The highest BCUT2D eigenvalue weighted by Crippen LogP contribution is 2.40. The standard InChI is InChI=1S/C31H32ClN6O6P/c1-43-45(2,42)17-16-44-31(41)34-26-12-8-23(9-13-26)19-29(39)27(18-22-6-4-3-5-7-22)35-30(40)15-10-24-20-25(32)11-14-28(24)38-21-33-36-37-38/h3-15,20-21,27H,16-19H2,1-2H3,(H,34,41)(H,35,40)/b15-10+/t27-,45?/m0/s1. The van der Waals surface area contributed by atoms with Gasteiger partial charge in [0.1, 0.15) is 12.9 Å². The molecule has 12 nitrogen and oxygen atoms in total. The van der Waals surface area contributed by atoms with Crippen LogP contribution in [0.3, 0.4) is 0 Å². The highest BCUT2D eigenvalue weighted by Gasteiger charge is 2.21. The van der Waals surface area contributed by atoms with E-state index in [4.69, 9.17) is 20.9 Å². The molecule has 0 spiro atoms. The van der Waals surface area contributed by atoms with E-state index in [1.807, 2.05) is 30.3 Å². The van der Waals surface area contributed by atoms with Crippen LogP contribution in [0.1, 0.15) is 16.7 Å². The summed E-state index contributed by atoms with van der Waals surface area (Å²) in [5, 5.41) is 17.1. The second-order valence-corrected chi connectivity index (χ2v) is 13.3. The van der Waals surface area contributed by atoms with E-state index in [1.54, 1.807) is 48.5 Å². The summed E-state index contributed by atoms with van der Waals surface area (Å²) < 4.78 is 23.3. The Kier molecular flexibility index (Phi) is 11.7. The van der Waals surface area contributed by atoms with Crippen molar-refractivity contribution in [3.05, 3.63) is 107 Å². The van der Waals surface area contributed by atoms with Crippen molar-refractivity contribution < 1.29 is 28.2 Å². The zero-order valence-corrected chi connectivity index (χ0v) is 26.3. The average molecular weight is 651 g/mol. The van der Waals surface area contributed by atoms with Crippen LogP contribution in [0.2, 0.25) is 5.02 Å². The molecule has 3 aromatic carbocycles. The van der Waals surface area contributed by atoms with Crippen molar-refractivity contribution in [2.75, 3.05) is 31.9 Å². The maximum absolute atomic E-state index is 13.5. The predicted octanol–water partition coefficient (Wildman–Crippen LogP) is 4.97. The van der Waals surface area contributed by atoms with Gasteiger partial charge in [0.25, 0.3) is 0 Å². The lowest BCUT2D eigenvalue weighted by atomic mass is 9.97. The summed E-state index contributed by atoms with van der Waals surface area (Å²) in [5.74, 6) is -0.657. The molecule has 2 atom stereocenters. The van der Waals surface area contributed by atoms with Crippen LogP contribution in [0.15, 0.2) is 85.2 Å². The highest BCUT2D eigenvalue weighted by molar-refractivity contribution is 7.58. The van der Waals surface area contributed by atoms with Gasteiger partial charge in [-0.1, -0.05) is 54.1 Å². The molecular weight excluding hydrogens is 619 g/mol. The van der Waals surface area contributed by atoms with Gasteiger partial charge < -0.3 is 14.6 Å². The number of benzene rings is 3. The quantitative estimate of drug-likeness (QED) is 0.142. The Hall–Kier alpha value is -4.64. The third-order valence-electron chi connectivity index (χ3n) is 6.68. The van der Waals surface area contributed by atoms with E-state index in [1.165, 1.54) is 30.9 Å². The number of hydrogen-bond donors (Lipinski definition) is 2. The lowest BCUT2D eigenvalue weighted by Gasteiger charge is -2.17. The summed E-state index contributed by atoms with van der Waals surface area (Å²) in [7, 11) is -1.44. The number of carbonyl (C=O) groups excluding carboxylic acids is 3. The van der Waals surface area contributed by atoms with Crippen LogP contribution < -0.4 is 10.6 Å². The van der Waals surface area contributed by atoms with Gasteiger partial charge in [-0.2, -0.15) is 4.68 Å².